The number of hydrogen-bond acceptors (Lipinski definition) is 8. The van der Waals surface area contributed by atoms with Crippen LogP contribution in [-0.4, -0.2) is 94.0 Å². The second-order valence-electron chi connectivity index (χ2n) is 19.4. The monoisotopic (exact) mass is 799 g/mol. The molecule has 0 spiro atoms. The standard InChI is InChI=1S/C47H78O8Si/c1-12-17-38-33(11)43-45-46(52-38)44-42(53-45)26-47(54-43,55-44)21-20-35-24-30(8)37(49-35)19-18-34-23-29(7)31(9)40(50-34)25-41-36(13-2)32(10)39(51-41)22-28(6)27-48-56(14-3,15-4)16-5/h12,28-29,32-46H,1,8-9,13-27H2,2-7,10-11H3/t28-,29+,32+,33-,34?,35-,36+,37-,38-,39+,40+,41-,42+,43-,44-,45?,46-,47+/m0/s1. The first-order valence-electron chi connectivity index (χ1n) is 23.1. The van der Waals surface area contributed by atoms with Gasteiger partial charge in [0.2, 0.25) is 0 Å². The summed E-state index contributed by atoms with van der Waals surface area (Å²) in [6.07, 6.45) is 12.9. The van der Waals surface area contributed by atoms with Crippen molar-refractivity contribution in [2.24, 2.45) is 29.6 Å². The molecule has 8 rings (SSSR count). The molecule has 8 heterocycles. The van der Waals surface area contributed by atoms with Crippen molar-refractivity contribution >= 4 is 8.32 Å². The van der Waals surface area contributed by atoms with Crippen LogP contribution in [0.4, 0.5) is 0 Å². The van der Waals surface area contributed by atoms with Crippen LogP contribution in [0.1, 0.15) is 126 Å². The maximum absolute atomic E-state index is 6.96. The summed E-state index contributed by atoms with van der Waals surface area (Å²) in [6.45, 7) is 32.5. The van der Waals surface area contributed by atoms with Gasteiger partial charge in [-0.1, -0.05) is 81.0 Å². The predicted octanol–water partition coefficient (Wildman–Crippen LogP) is 10.1. The lowest BCUT2D eigenvalue weighted by atomic mass is 9.80. The van der Waals surface area contributed by atoms with Gasteiger partial charge in [0.15, 0.2) is 14.1 Å². The van der Waals surface area contributed by atoms with E-state index in [1.54, 1.807) is 0 Å². The molecule has 8 nitrogen and oxygen atoms in total. The number of rotatable bonds is 19. The minimum Gasteiger partial charge on any atom is -0.417 e. The molecule has 0 saturated carbocycles. The molecule has 9 heteroatoms. The highest BCUT2D eigenvalue weighted by Crippen LogP contribution is 2.54. The van der Waals surface area contributed by atoms with Gasteiger partial charge in [-0.25, -0.2) is 0 Å². The third-order valence-electron chi connectivity index (χ3n) is 15.9. The van der Waals surface area contributed by atoms with Crippen molar-refractivity contribution in [2.45, 2.75) is 223 Å². The van der Waals surface area contributed by atoms with Crippen LogP contribution in [0.2, 0.25) is 18.1 Å². The Labute approximate surface area is 341 Å². The minimum absolute atomic E-state index is 0.0261. The van der Waals surface area contributed by atoms with E-state index in [-0.39, 0.29) is 79.2 Å². The number of hydrogen-bond donors (Lipinski definition) is 0. The van der Waals surface area contributed by atoms with Crippen LogP contribution in [0.5, 0.6) is 0 Å². The second kappa shape index (κ2) is 18.0. The van der Waals surface area contributed by atoms with E-state index >= 15 is 0 Å². The molecular formula is C47H78O8Si. The first-order chi connectivity index (χ1) is 26.9. The molecule has 8 fully saturated rings. The number of ether oxygens (including phenoxy) is 7. The van der Waals surface area contributed by atoms with Gasteiger partial charge in [0.1, 0.15) is 18.3 Å². The Balaban J connectivity index is 0.886. The molecule has 8 aliphatic rings. The van der Waals surface area contributed by atoms with Crippen LogP contribution in [0.25, 0.3) is 0 Å². The van der Waals surface area contributed by atoms with E-state index in [2.05, 4.69) is 75.1 Å². The molecule has 56 heavy (non-hydrogen) atoms. The average molecular weight is 799 g/mol. The van der Waals surface area contributed by atoms with Gasteiger partial charge in [0.05, 0.1) is 54.9 Å². The van der Waals surface area contributed by atoms with Gasteiger partial charge in [-0.15, -0.1) is 6.58 Å². The summed E-state index contributed by atoms with van der Waals surface area (Å²) in [7, 11) is -1.58. The van der Waals surface area contributed by atoms with Crippen LogP contribution >= 0.6 is 0 Å². The Morgan fingerprint density at radius 2 is 1.52 bits per heavy atom. The normalized spacial score (nSPS) is 45.1. The maximum Gasteiger partial charge on any atom is 0.191 e. The lowest BCUT2D eigenvalue weighted by molar-refractivity contribution is -0.262. The van der Waals surface area contributed by atoms with Crippen molar-refractivity contribution < 1.29 is 37.6 Å². The molecule has 6 bridgehead atoms. The van der Waals surface area contributed by atoms with Gasteiger partial charge in [0, 0.05) is 31.8 Å². The fraction of sp³-hybridized carbons (Fsp3) is 0.872. The fourth-order valence-electron chi connectivity index (χ4n) is 11.9. The smallest absolute Gasteiger partial charge is 0.191 e. The molecule has 8 saturated heterocycles. The second-order valence-corrected chi connectivity index (χ2v) is 24.2. The molecule has 0 aromatic rings. The summed E-state index contributed by atoms with van der Waals surface area (Å²) in [6, 6.07) is 3.61. The molecule has 0 aromatic heterocycles. The van der Waals surface area contributed by atoms with E-state index in [4.69, 9.17) is 37.6 Å². The SMILES string of the molecule is C=CC[C@@H]1O[C@@H]2C3O[C@@H]4C[C@@](CC[C@H]5CC(=C)[C@H](CCC6C[C@@H](C)C(=C)[C@@H](C[C@@H]7O[C@H](C[C@H](C)CO[Si](CC)(CC)CC)[C@H](C)[C@H]7CC)O6)O5)(O[C@H]24)O[C@H]3[C@H]1C. The van der Waals surface area contributed by atoms with E-state index in [1.807, 2.05) is 6.08 Å². The van der Waals surface area contributed by atoms with E-state index in [0.29, 0.717) is 23.7 Å². The topological polar surface area (TPSA) is 73.8 Å². The lowest BCUT2D eigenvalue weighted by Crippen LogP contribution is -2.54. The van der Waals surface area contributed by atoms with Gasteiger partial charge in [-0.05, 0) is 97.9 Å². The summed E-state index contributed by atoms with van der Waals surface area (Å²) in [5.41, 5.74) is 2.44. The van der Waals surface area contributed by atoms with Gasteiger partial charge < -0.3 is 37.6 Å². The predicted molar refractivity (Wildman–Crippen MR) is 224 cm³/mol. The van der Waals surface area contributed by atoms with Crippen molar-refractivity contribution in [3.05, 3.63) is 37.0 Å². The third-order valence-corrected chi connectivity index (χ3v) is 20.5. The van der Waals surface area contributed by atoms with Gasteiger partial charge in [-0.3, -0.25) is 0 Å². The van der Waals surface area contributed by atoms with Crippen LogP contribution in [-0.2, 0) is 37.6 Å². The van der Waals surface area contributed by atoms with Crippen LogP contribution in [0.3, 0.4) is 0 Å². The zero-order valence-corrected chi connectivity index (χ0v) is 37.4. The Bertz CT molecular complexity index is 1360. The van der Waals surface area contributed by atoms with Crippen molar-refractivity contribution in [3.8, 4) is 0 Å². The Hall–Kier alpha value is -0.883. The molecule has 18 atom stereocenters. The van der Waals surface area contributed by atoms with E-state index in [0.717, 1.165) is 77.2 Å². The van der Waals surface area contributed by atoms with Crippen LogP contribution < -0.4 is 0 Å². The Morgan fingerprint density at radius 1 is 0.804 bits per heavy atom. The molecule has 0 amide bonds. The van der Waals surface area contributed by atoms with Crippen LogP contribution in [0, 0.1) is 29.6 Å². The van der Waals surface area contributed by atoms with Crippen LogP contribution in [0.15, 0.2) is 37.0 Å². The quantitative estimate of drug-likeness (QED) is 0.0945. The van der Waals surface area contributed by atoms with Crippen molar-refractivity contribution in [2.75, 3.05) is 6.61 Å². The molecule has 2 unspecified atom stereocenters. The molecule has 0 N–H and O–H groups in total. The zero-order chi connectivity index (χ0) is 39.9. The van der Waals surface area contributed by atoms with Gasteiger partial charge in [0.25, 0.3) is 0 Å². The zero-order valence-electron chi connectivity index (χ0n) is 36.4. The summed E-state index contributed by atoms with van der Waals surface area (Å²) < 4.78 is 54.0. The first-order valence-corrected chi connectivity index (χ1v) is 25.6. The fourth-order valence-corrected chi connectivity index (χ4v) is 14.7. The average Bonchev–Trinajstić information content (AvgIpc) is 3.85. The third kappa shape index (κ3) is 8.65. The van der Waals surface area contributed by atoms with Crippen molar-refractivity contribution in [1.29, 1.82) is 0 Å². The highest BCUT2D eigenvalue weighted by atomic mass is 28.4. The van der Waals surface area contributed by atoms with E-state index in [1.165, 1.54) is 29.3 Å². The molecule has 0 aromatic carbocycles. The van der Waals surface area contributed by atoms with E-state index < -0.39 is 14.1 Å². The first kappa shape index (κ1) is 43.2. The summed E-state index contributed by atoms with van der Waals surface area (Å²) >= 11 is 0. The largest absolute Gasteiger partial charge is 0.417 e. The van der Waals surface area contributed by atoms with Gasteiger partial charge >= 0.3 is 0 Å². The Kier molecular flexibility index (Phi) is 13.9. The maximum atomic E-state index is 6.96. The molecule has 318 valence electrons. The summed E-state index contributed by atoms with van der Waals surface area (Å²) in [5, 5.41) is 0. The summed E-state index contributed by atoms with van der Waals surface area (Å²) in [5.74, 6) is 1.57. The molecule has 0 radical (unpaired) electrons. The van der Waals surface area contributed by atoms with Crippen molar-refractivity contribution in [1.82, 2.24) is 0 Å². The lowest BCUT2D eigenvalue weighted by Gasteiger charge is -2.42. The van der Waals surface area contributed by atoms with Crippen molar-refractivity contribution in [3.63, 3.8) is 0 Å². The van der Waals surface area contributed by atoms with Gasteiger partial charge in [-0.2, -0.15) is 0 Å². The minimum atomic E-state index is -1.58. The molecule has 8 aliphatic heterocycles. The summed E-state index contributed by atoms with van der Waals surface area (Å²) in [4.78, 5) is 0. The highest BCUT2D eigenvalue weighted by molar-refractivity contribution is 6.73. The Morgan fingerprint density at radius 3 is 2.23 bits per heavy atom. The molecule has 0 aliphatic carbocycles. The highest BCUT2D eigenvalue weighted by Gasteiger charge is 2.67. The molecular weight excluding hydrogens is 721 g/mol. The van der Waals surface area contributed by atoms with E-state index in [9.17, 15) is 0 Å².